The number of rotatable bonds is 7. The Morgan fingerprint density at radius 2 is 2.07 bits per heavy atom. The van der Waals surface area contributed by atoms with Crippen LogP contribution in [0.2, 0.25) is 0 Å². The molecule has 0 radical (unpaired) electrons. The molecule has 0 bridgehead atoms. The van der Waals surface area contributed by atoms with Crippen LogP contribution in [-0.4, -0.2) is 32.2 Å². The minimum atomic E-state index is -0.362. The predicted molar refractivity (Wildman–Crippen MR) is 105 cm³/mol. The topological polar surface area (TPSA) is 85.8 Å². The van der Waals surface area contributed by atoms with Crippen LogP contribution in [0.1, 0.15) is 43.2 Å². The van der Waals surface area contributed by atoms with E-state index >= 15 is 0 Å². The Morgan fingerprint density at radius 3 is 2.97 bits per heavy atom. The highest BCUT2D eigenvalue weighted by atomic mass is 19.1. The highest BCUT2D eigenvalue weighted by Crippen LogP contribution is 2.23. The van der Waals surface area contributed by atoms with Crippen LogP contribution in [0, 0.1) is 5.82 Å². The van der Waals surface area contributed by atoms with Crippen molar-refractivity contribution in [2.75, 3.05) is 6.54 Å². The fourth-order valence-corrected chi connectivity index (χ4v) is 3.56. The Kier molecular flexibility index (Phi) is 5.97. The molecule has 3 heterocycles. The van der Waals surface area contributed by atoms with E-state index in [0.717, 1.165) is 37.5 Å². The van der Waals surface area contributed by atoms with Crippen molar-refractivity contribution < 1.29 is 13.6 Å². The van der Waals surface area contributed by atoms with Gasteiger partial charge in [-0.1, -0.05) is 18.6 Å². The molecule has 1 aromatic carbocycles. The molecule has 2 aromatic heterocycles. The Bertz CT molecular complexity index is 981. The van der Waals surface area contributed by atoms with Gasteiger partial charge < -0.3 is 14.3 Å². The third kappa shape index (κ3) is 4.70. The molecular formula is C21H24FN5O2. The molecule has 0 spiro atoms. The van der Waals surface area contributed by atoms with Crippen molar-refractivity contribution in [3.05, 3.63) is 53.8 Å². The van der Waals surface area contributed by atoms with Gasteiger partial charge in [-0.15, -0.1) is 10.2 Å². The number of benzene rings is 1. The first-order chi connectivity index (χ1) is 14.2. The van der Waals surface area contributed by atoms with Crippen molar-refractivity contribution in [2.45, 2.75) is 51.5 Å². The van der Waals surface area contributed by atoms with Gasteiger partial charge >= 0.3 is 0 Å². The average molecular weight is 397 g/mol. The van der Waals surface area contributed by atoms with Crippen LogP contribution in [0.4, 0.5) is 4.39 Å². The molecule has 3 aromatic rings. The number of nitrogens with zero attached hydrogens (tertiary/aromatic N) is 4. The van der Waals surface area contributed by atoms with Crippen LogP contribution in [0.5, 0.6) is 0 Å². The van der Waals surface area contributed by atoms with Crippen molar-refractivity contribution >= 4 is 5.91 Å². The number of fused-ring (bicyclic) bond motifs is 1. The molecule has 0 atom stereocenters. The first-order valence-corrected chi connectivity index (χ1v) is 10.1. The van der Waals surface area contributed by atoms with E-state index in [0.29, 0.717) is 36.6 Å². The molecule has 152 valence electrons. The van der Waals surface area contributed by atoms with Crippen LogP contribution in [0.15, 0.2) is 34.9 Å². The Hall–Kier alpha value is -3.03. The van der Waals surface area contributed by atoms with Gasteiger partial charge in [0.15, 0.2) is 11.7 Å². The van der Waals surface area contributed by atoms with E-state index < -0.39 is 0 Å². The molecule has 0 saturated heterocycles. The number of hydrogen-bond acceptors (Lipinski definition) is 5. The Labute approximate surface area is 168 Å². The first-order valence-electron chi connectivity index (χ1n) is 10.1. The maximum absolute atomic E-state index is 13.8. The number of carbonyl (C=O) groups is 1. The summed E-state index contributed by atoms with van der Waals surface area (Å²) in [6, 6.07) is 6.37. The first kappa shape index (κ1) is 19.3. The van der Waals surface area contributed by atoms with E-state index in [1.807, 2.05) is 0 Å². The second-order valence-electron chi connectivity index (χ2n) is 7.19. The van der Waals surface area contributed by atoms with Crippen molar-refractivity contribution in [2.24, 2.45) is 0 Å². The van der Waals surface area contributed by atoms with Crippen molar-refractivity contribution in [1.82, 2.24) is 25.1 Å². The average Bonchev–Trinajstić information content (AvgIpc) is 3.27. The lowest BCUT2D eigenvalue weighted by Crippen LogP contribution is -2.26. The molecule has 1 aliphatic rings. The number of amides is 1. The lowest BCUT2D eigenvalue weighted by molar-refractivity contribution is -0.121. The molecule has 1 N–H and O–H groups in total. The minimum absolute atomic E-state index is 0.0775. The van der Waals surface area contributed by atoms with E-state index in [2.05, 4.69) is 25.1 Å². The molecule has 1 amide bonds. The summed E-state index contributed by atoms with van der Waals surface area (Å²) < 4.78 is 21.6. The quantitative estimate of drug-likeness (QED) is 0.662. The molecule has 8 heteroatoms. The van der Waals surface area contributed by atoms with Crippen LogP contribution >= 0.6 is 0 Å². The van der Waals surface area contributed by atoms with E-state index in [4.69, 9.17) is 4.42 Å². The lowest BCUT2D eigenvalue weighted by atomic mass is 10.2. The molecule has 0 saturated carbocycles. The summed E-state index contributed by atoms with van der Waals surface area (Å²) in [4.78, 5) is 16.3. The number of aryl methyl sites for hydroxylation is 2. The normalized spacial score (nSPS) is 13.7. The fourth-order valence-electron chi connectivity index (χ4n) is 3.56. The minimum Gasteiger partial charge on any atom is -0.441 e. The Balaban J connectivity index is 1.24. The number of nitrogens with one attached hydrogen (secondary N) is 1. The lowest BCUT2D eigenvalue weighted by Gasteiger charge is -2.07. The second kappa shape index (κ2) is 8.98. The zero-order valence-electron chi connectivity index (χ0n) is 16.2. The van der Waals surface area contributed by atoms with Gasteiger partial charge in [-0.05, 0) is 25.0 Å². The van der Waals surface area contributed by atoms with Gasteiger partial charge in [0, 0.05) is 38.8 Å². The standard InChI is InChI=1S/C21H24FN5O2/c22-16-7-4-3-6-15(16)17-14-24-21(29-17)10-9-20(28)23-12-11-19-26-25-18-8-2-1-5-13-27(18)19/h3-4,6-7,14H,1-2,5,8-13H2,(H,23,28). The van der Waals surface area contributed by atoms with Crippen LogP contribution in [0.25, 0.3) is 11.3 Å². The highest BCUT2D eigenvalue weighted by Gasteiger charge is 2.15. The van der Waals surface area contributed by atoms with Crippen LogP contribution in [-0.2, 0) is 30.6 Å². The molecular weight excluding hydrogens is 373 g/mol. The molecule has 1 aliphatic heterocycles. The smallest absolute Gasteiger partial charge is 0.220 e. The van der Waals surface area contributed by atoms with Crippen molar-refractivity contribution in [3.8, 4) is 11.3 Å². The fraction of sp³-hybridized carbons (Fsp3) is 0.429. The third-order valence-corrected chi connectivity index (χ3v) is 5.12. The highest BCUT2D eigenvalue weighted by molar-refractivity contribution is 5.76. The molecule has 0 fully saturated rings. The van der Waals surface area contributed by atoms with Crippen molar-refractivity contribution in [3.63, 3.8) is 0 Å². The molecule has 4 rings (SSSR count). The van der Waals surface area contributed by atoms with Gasteiger partial charge in [-0.25, -0.2) is 9.37 Å². The van der Waals surface area contributed by atoms with Gasteiger partial charge in [-0.3, -0.25) is 4.79 Å². The molecule has 0 unspecified atom stereocenters. The zero-order chi connectivity index (χ0) is 20.1. The summed E-state index contributed by atoms with van der Waals surface area (Å²) in [7, 11) is 0. The van der Waals surface area contributed by atoms with E-state index in [1.54, 1.807) is 18.2 Å². The molecule has 0 aliphatic carbocycles. The van der Waals surface area contributed by atoms with Gasteiger partial charge in [0.1, 0.15) is 17.5 Å². The number of carbonyl (C=O) groups excluding carboxylic acids is 1. The van der Waals surface area contributed by atoms with E-state index in [-0.39, 0.29) is 18.1 Å². The summed E-state index contributed by atoms with van der Waals surface area (Å²) >= 11 is 0. The predicted octanol–water partition coefficient (Wildman–Crippen LogP) is 3.09. The summed E-state index contributed by atoms with van der Waals surface area (Å²) in [6.45, 7) is 1.48. The second-order valence-corrected chi connectivity index (χ2v) is 7.19. The SMILES string of the molecule is O=C(CCc1ncc(-c2ccccc2F)o1)NCCc1nnc2n1CCCCC2. The van der Waals surface area contributed by atoms with Crippen molar-refractivity contribution in [1.29, 1.82) is 0 Å². The maximum atomic E-state index is 13.8. The third-order valence-electron chi connectivity index (χ3n) is 5.12. The molecule has 7 nitrogen and oxygen atoms in total. The van der Waals surface area contributed by atoms with Gasteiger partial charge in [-0.2, -0.15) is 0 Å². The van der Waals surface area contributed by atoms with Crippen LogP contribution < -0.4 is 5.32 Å². The zero-order valence-corrected chi connectivity index (χ0v) is 16.2. The summed E-state index contributed by atoms with van der Waals surface area (Å²) in [6.07, 6.45) is 7.28. The molecule has 29 heavy (non-hydrogen) atoms. The maximum Gasteiger partial charge on any atom is 0.220 e. The van der Waals surface area contributed by atoms with Gasteiger partial charge in [0.05, 0.1) is 11.8 Å². The number of aromatic nitrogens is 4. The summed E-state index contributed by atoms with van der Waals surface area (Å²) in [5.74, 6) is 2.33. The summed E-state index contributed by atoms with van der Waals surface area (Å²) in [5.41, 5.74) is 0.364. The number of halogens is 1. The summed E-state index contributed by atoms with van der Waals surface area (Å²) in [5, 5.41) is 11.5. The van der Waals surface area contributed by atoms with E-state index in [1.165, 1.54) is 18.7 Å². The van der Waals surface area contributed by atoms with Gasteiger partial charge in [0.25, 0.3) is 0 Å². The Morgan fingerprint density at radius 1 is 1.17 bits per heavy atom. The number of hydrogen-bond donors (Lipinski definition) is 1. The largest absolute Gasteiger partial charge is 0.441 e. The number of oxazole rings is 1. The van der Waals surface area contributed by atoms with Gasteiger partial charge in [0.2, 0.25) is 5.91 Å². The van der Waals surface area contributed by atoms with Crippen LogP contribution in [0.3, 0.4) is 0 Å². The van der Waals surface area contributed by atoms with E-state index in [9.17, 15) is 9.18 Å². The monoisotopic (exact) mass is 397 g/mol.